The lowest BCUT2D eigenvalue weighted by Crippen LogP contribution is -2.37. The molecule has 0 amide bonds. The van der Waals surface area contributed by atoms with Crippen LogP contribution in [-0.4, -0.2) is 11.9 Å². The Morgan fingerprint density at radius 2 is 1.24 bits per heavy atom. The summed E-state index contributed by atoms with van der Waals surface area (Å²) in [5.74, 6) is -1.26. The molecule has 0 radical (unpaired) electrons. The van der Waals surface area contributed by atoms with Crippen LogP contribution in [0.3, 0.4) is 0 Å². The lowest BCUT2D eigenvalue weighted by atomic mass is 9.90. The van der Waals surface area contributed by atoms with E-state index in [2.05, 4.69) is 0 Å². The second-order valence-electron chi connectivity index (χ2n) is 5.83. The molecule has 0 aliphatic carbocycles. The molecule has 4 nitrogen and oxygen atoms in total. The third-order valence-electron chi connectivity index (χ3n) is 3.77. The van der Waals surface area contributed by atoms with Crippen LogP contribution in [0, 0.1) is 5.41 Å². The van der Waals surface area contributed by atoms with Crippen LogP contribution in [0.15, 0.2) is 72.8 Å². The normalized spacial score (nSPS) is 11.3. The molecule has 2 aromatic carbocycles. The second-order valence-corrected chi connectivity index (χ2v) is 5.83. The molecule has 25 heavy (non-hydrogen) atoms. The molecule has 4 heteroatoms. The summed E-state index contributed by atoms with van der Waals surface area (Å²) >= 11 is 0. The van der Waals surface area contributed by atoms with Crippen LogP contribution in [0.25, 0.3) is 0 Å². The maximum Gasteiger partial charge on any atom is 0.327 e. The zero-order chi connectivity index (χ0) is 18.1. The Labute approximate surface area is 148 Å². The van der Waals surface area contributed by atoms with E-state index in [9.17, 15) is 9.59 Å². The van der Waals surface area contributed by atoms with Gasteiger partial charge in [0.05, 0.1) is 0 Å². The highest BCUT2D eigenvalue weighted by Gasteiger charge is 2.42. The van der Waals surface area contributed by atoms with Gasteiger partial charge in [-0.1, -0.05) is 72.8 Å². The van der Waals surface area contributed by atoms with E-state index in [-0.39, 0.29) is 13.2 Å². The number of carbonyl (C=O) groups excluding carboxylic acids is 2. The minimum Gasteiger partial charge on any atom is -0.460 e. The van der Waals surface area contributed by atoms with Gasteiger partial charge in [-0.3, -0.25) is 9.59 Å². The summed E-state index contributed by atoms with van der Waals surface area (Å²) in [5.41, 5.74) is 0.242. The van der Waals surface area contributed by atoms with E-state index in [1.165, 1.54) is 13.0 Å². The predicted molar refractivity (Wildman–Crippen MR) is 95.4 cm³/mol. The Morgan fingerprint density at radius 3 is 1.60 bits per heavy atom. The fourth-order valence-corrected chi connectivity index (χ4v) is 2.30. The highest BCUT2D eigenvalue weighted by molar-refractivity contribution is 6.01. The van der Waals surface area contributed by atoms with Gasteiger partial charge in [0.1, 0.15) is 13.2 Å². The Bertz CT molecular complexity index is 665. The first kappa shape index (κ1) is 18.5. The van der Waals surface area contributed by atoms with Crippen molar-refractivity contribution in [2.75, 3.05) is 0 Å². The minimum atomic E-state index is -1.47. The van der Waals surface area contributed by atoms with Gasteiger partial charge in [0.15, 0.2) is 5.41 Å². The van der Waals surface area contributed by atoms with E-state index in [1.807, 2.05) is 60.7 Å². The van der Waals surface area contributed by atoms with E-state index < -0.39 is 17.4 Å². The number of esters is 2. The largest absolute Gasteiger partial charge is 0.460 e. The maximum atomic E-state index is 12.5. The summed E-state index contributed by atoms with van der Waals surface area (Å²) in [6, 6.07) is 18.6. The number of carbonyl (C=O) groups is 2. The van der Waals surface area contributed by atoms with Crippen LogP contribution in [0.1, 0.15) is 25.0 Å². The van der Waals surface area contributed by atoms with Crippen molar-refractivity contribution in [3.05, 3.63) is 83.9 Å². The van der Waals surface area contributed by atoms with E-state index in [4.69, 9.17) is 9.47 Å². The number of hydrogen-bond acceptors (Lipinski definition) is 4. The molecule has 130 valence electrons. The summed E-state index contributed by atoms with van der Waals surface area (Å²) in [6.07, 6.45) is 3.15. The Balaban J connectivity index is 2.02. The highest BCUT2D eigenvalue weighted by Crippen LogP contribution is 2.24. The van der Waals surface area contributed by atoms with Crippen LogP contribution in [-0.2, 0) is 32.3 Å². The maximum absolute atomic E-state index is 12.5. The van der Waals surface area contributed by atoms with Crippen molar-refractivity contribution in [3.63, 3.8) is 0 Å². The molecule has 2 rings (SSSR count). The van der Waals surface area contributed by atoms with Gasteiger partial charge in [-0.15, -0.1) is 0 Å². The lowest BCUT2D eigenvalue weighted by molar-refractivity contribution is -0.168. The quantitative estimate of drug-likeness (QED) is 0.434. The van der Waals surface area contributed by atoms with Gasteiger partial charge in [-0.25, -0.2) is 0 Å². The molecular weight excluding hydrogens is 316 g/mol. The standard InChI is InChI=1S/C21H22O4/c1-3-14-21(2,19(22)24-15-17-10-6-4-7-11-17)20(23)25-16-18-12-8-5-9-13-18/h3-14H,15-16H2,1-2H3. The van der Waals surface area contributed by atoms with Crippen LogP contribution >= 0.6 is 0 Å². The third kappa shape index (κ3) is 5.05. The Morgan fingerprint density at radius 1 is 0.840 bits per heavy atom. The smallest absolute Gasteiger partial charge is 0.327 e. The number of hydrogen-bond donors (Lipinski definition) is 0. The molecule has 0 saturated heterocycles. The molecule has 0 aliphatic heterocycles. The first-order valence-electron chi connectivity index (χ1n) is 8.12. The van der Waals surface area contributed by atoms with E-state index in [1.54, 1.807) is 13.0 Å². The first-order valence-corrected chi connectivity index (χ1v) is 8.12. The van der Waals surface area contributed by atoms with E-state index >= 15 is 0 Å². The average molecular weight is 338 g/mol. The molecule has 0 spiro atoms. The second kappa shape index (κ2) is 8.83. The highest BCUT2D eigenvalue weighted by atomic mass is 16.6. The molecule has 0 heterocycles. The topological polar surface area (TPSA) is 52.6 Å². The van der Waals surface area contributed by atoms with Crippen LogP contribution in [0.5, 0.6) is 0 Å². The number of allylic oxidation sites excluding steroid dienone is 1. The van der Waals surface area contributed by atoms with Crippen molar-refractivity contribution in [3.8, 4) is 0 Å². The molecule has 0 unspecified atom stereocenters. The molecule has 2 aromatic rings. The van der Waals surface area contributed by atoms with Crippen LogP contribution in [0.4, 0.5) is 0 Å². The zero-order valence-corrected chi connectivity index (χ0v) is 14.5. The molecule has 0 fully saturated rings. The summed E-state index contributed by atoms with van der Waals surface area (Å²) in [7, 11) is 0. The molecule has 0 N–H and O–H groups in total. The fourth-order valence-electron chi connectivity index (χ4n) is 2.30. The van der Waals surface area contributed by atoms with Crippen LogP contribution < -0.4 is 0 Å². The molecule has 0 bridgehead atoms. The van der Waals surface area contributed by atoms with Gasteiger partial charge < -0.3 is 9.47 Å². The van der Waals surface area contributed by atoms with Gasteiger partial charge in [0.2, 0.25) is 0 Å². The van der Waals surface area contributed by atoms with Crippen molar-refractivity contribution in [2.24, 2.45) is 5.41 Å². The Hall–Kier alpha value is -2.88. The van der Waals surface area contributed by atoms with Gasteiger partial charge in [-0.2, -0.15) is 0 Å². The van der Waals surface area contributed by atoms with E-state index in [0.717, 1.165) is 11.1 Å². The molecule has 0 aromatic heterocycles. The van der Waals surface area contributed by atoms with Gasteiger partial charge in [-0.05, 0) is 25.0 Å². The summed E-state index contributed by atoms with van der Waals surface area (Å²) in [5, 5.41) is 0. The average Bonchev–Trinajstić information content (AvgIpc) is 2.65. The minimum absolute atomic E-state index is 0.110. The first-order chi connectivity index (χ1) is 12.1. The fraction of sp³-hybridized carbons (Fsp3) is 0.238. The third-order valence-corrected chi connectivity index (χ3v) is 3.77. The van der Waals surface area contributed by atoms with Crippen molar-refractivity contribution in [1.29, 1.82) is 0 Å². The molecular formula is C21H22O4. The van der Waals surface area contributed by atoms with Crippen molar-refractivity contribution >= 4 is 11.9 Å². The van der Waals surface area contributed by atoms with Gasteiger partial charge >= 0.3 is 11.9 Å². The molecule has 0 atom stereocenters. The predicted octanol–water partition coefficient (Wildman–Crippen LogP) is 4.06. The lowest BCUT2D eigenvalue weighted by Gasteiger charge is -2.22. The van der Waals surface area contributed by atoms with Gasteiger partial charge in [0, 0.05) is 0 Å². The van der Waals surface area contributed by atoms with Crippen molar-refractivity contribution in [1.82, 2.24) is 0 Å². The number of rotatable bonds is 7. The van der Waals surface area contributed by atoms with Crippen molar-refractivity contribution < 1.29 is 19.1 Å². The number of ether oxygens (including phenoxy) is 2. The molecule has 0 saturated carbocycles. The summed E-state index contributed by atoms with van der Waals surface area (Å²) in [6.45, 7) is 3.47. The zero-order valence-electron chi connectivity index (χ0n) is 14.5. The van der Waals surface area contributed by atoms with E-state index in [0.29, 0.717) is 0 Å². The van der Waals surface area contributed by atoms with Gasteiger partial charge in [0.25, 0.3) is 0 Å². The van der Waals surface area contributed by atoms with Crippen molar-refractivity contribution in [2.45, 2.75) is 27.1 Å². The monoisotopic (exact) mass is 338 g/mol. The molecule has 0 aliphatic rings. The number of benzene rings is 2. The summed E-state index contributed by atoms with van der Waals surface area (Å²) < 4.78 is 10.7. The SMILES string of the molecule is CC=CC(C)(C(=O)OCc1ccccc1)C(=O)OCc1ccccc1. The van der Waals surface area contributed by atoms with Crippen LogP contribution in [0.2, 0.25) is 0 Å². The summed E-state index contributed by atoms with van der Waals surface area (Å²) in [4.78, 5) is 25.0. The Kier molecular flexibility index (Phi) is 6.52.